The Morgan fingerprint density at radius 3 is 2.44 bits per heavy atom. The van der Waals surface area contributed by atoms with Crippen molar-refractivity contribution < 1.29 is 8.42 Å². The number of benzene rings is 2. The summed E-state index contributed by atoms with van der Waals surface area (Å²) in [6.07, 6.45) is 0. The lowest BCUT2D eigenvalue weighted by atomic mass is 10.0. The van der Waals surface area contributed by atoms with Gasteiger partial charge in [0.2, 0.25) is 10.0 Å². The van der Waals surface area contributed by atoms with Crippen molar-refractivity contribution in [3.05, 3.63) is 69.9 Å². The number of aryl methyl sites for hydroxylation is 2. The molecule has 0 radical (unpaired) electrons. The number of nitrogens with one attached hydrogen (secondary N) is 1. The van der Waals surface area contributed by atoms with E-state index in [0.29, 0.717) is 11.7 Å². The molecule has 3 N–H and O–H groups in total. The minimum atomic E-state index is -3.68. The van der Waals surface area contributed by atoms with Gasteiger partial charge in [-0.25, -0.2) is 18.5 Å². The molecule has 2 aromatic carbocycles. The second-order valence-electron chi connectivity index (χ2n) is 6.73. The standard InChI is InChI=1S/C20H22ClN3O2S/c1-12-4-5-16-10-17(20(21)24-19(16)13(12)2)11-23-14(3)15-6-8-18(9-7-15)27(22,25)26/h4-10,14,23H,11H2,1-3H3,(H2,22,25,26). The number of fused-ring (bicyclic) bond motifs is 1. The number of pyridine rings is 1. The van der Waals surface area contributed by atoms with Crippen LogP contribution in [0.4, 0.5) is 0 Å². The number of primary sulfonamides is 1. The molecule has 3 aromatic rings. The van der Waals surface area contributed by atoms with Crippen LogP contribution in [0.25, 0.3) is 10.9 Å². The van der Waals surface area contributed by atoms with Gasteiger partial charge in [0.15, 0.2) is 0 Å². The summed E-state index contributed by atoms with van der Waals surface area (Å²) in [5.74, 6) is 0. The van der Waals surface area contributed by atoms with Gasteiger partial charge < -0.3 is 5.32 Å². The van der Waals surface area contributed by atoms with Gasteiger partial charge in [0.05, 0.1) is 10.4 Å². The number of hydrogen-bond acceptors (Lipinski definition) is 4. The lowest BCUT2D eigenvalue weighted by Crippen LogP contribution is -2.19. The number of halogens is 1. The predicted octanol–water partition coefficient (Wildman–Crippen LogP) is 4.00. The monoisotopic (exact) mass is 403 g/mol. The van der Waals surface area contributed by atoms with Crippen molar-refractivity contribution in [2.24, 2.45) is 5.14 Å². The van der Waals surface area contributed by atoms with Crippen molar-refractivity contribution in [2.45, 2.75) is 38.3 Å². The second-order valence-corrected chi connectivity index (χ2v) is 8.65. The van der Waals surface area contributed by atoms with Crippen LogP contribution in [-0.2, 0) is 16.6 Å². The number of hydrogen-bond donors (Lipinski definition) is 2. The molecule has 7 heteroatoms. The minimum Gasteiger partial charge on any atom is -0.306 e. The first kappa shape index (κ1) is 19.8. The van der Waals surface area contributed by atoms with Crippen LogP contribution in [0.3, 0.4) is 0 Å². The Morgan fingerprint density at radius 2 is 1.81 bits per heavy atom. The van der Waals surface area contributed by atoms with Crippen molar-refractivity contribution in [2.75, 3.05) is 0 Å². The maximum Gasteiger partial charge on any atom is 0.238 e. The Bertz CT molecular complexity index is 1100. The van der Waals surface area contributed by atoms with Gasteiger partial charge in [-0.1, -0.05) is 35.9 Å². The molecule has 3 rings (SSSR count). The van der Waals surface area contributed by atoms with Crippen molar-refractivity contribution in [1.29, 1.82) is 0 Å². The molecule has 1 unspecified atom stereocenters. The second kappa shape index (κ2) is 7.56. The first-order valence-corrected chi connectivity index (χ1v) is 10.5. The molecule has 0 spiro atoms. The lowest BCUT2D eigenvalue weighted by molar-refractivity contribution is 0.573. The quantitative estimate of drug-likeness (QED) is 0.630. The summed E-state index contributed by atoms with van der Waals surface area (Å²) in [5, 5.41) is 10.1. The predicted molar refractivity (Wildman–Crippen MR) is 109 cm³/mol. The molecule has 142 valence electrons. The van der Waals surface area contributed by atoms with Crippen LogP contribution in [0.1, 0.15) is 35.2 Å². The molecule has 0 fully saturated rings. The average molecular weight is 404 g/mol. The molecule has 1 heterocycles. The Morgan fingerprint density at radius 1 is 1.15 bits per heavy atom. The fourth-order valence-electron chi connectivity index (χ4n) is 2.96. The van der Waals surface area contributed by atoms with Gasteiger partial charge in [0.25, 0.3) is 0 Å². The highest BCUT2D eigenvalue weighted by Crippen LogP contribution is 2.25. The molecule has 1 aromatic heterocycles. The Labute approximate surface area is 164 Å². The summed E-state index contributed by atoms with van der Waals surface area (Å²) in [4.78, 5) is 4.67. The maximum absolute atomic E-state index is 11.4. The fraction of sp³-hybridized carbons (Fsp3) is 0.250. The van der Waals surface area contributed by atoms with Gasteiger partial charge >= 0.3 is 0 Å². The van der Waals surface area contributed by atoms with E-state index in [1.54, 1.807) is 12.1 Å². The van der Waals surface area contributed by atoms with Crippen molar-refractivity contribution >= 4 is 32.5 Å². The van der Waals surface area contributed by atoms with E-state index in [0.717, 1.165) is 27.6 Å². The number of rotatable bonds is 5. The van der Waals surface area contributed by atoms with Crippen LogP contribution >= 0.6 is 11.6 Å². The summed E-state index contributed by atoms with van der Waals surface area (Å²) < 4.78 is 22.7. The first-order valence-electron chi connectivity index (χ1n) is 8.58. The highest BCUT2D eigenvalue weighted by molar-refractivity contribution is 7.89. The highest BCUT2D eigenvalue weighted by Gasteiger charge is 2.12. The SMILES string of the molecule is Cc1ccc2cc(CNC(C)c3ccc(S(N)(=O)=O)cc3)c(Cl)nc2c1C. The zero-order valence-corrected chi connectivity index (χ0v) is 17.0. The van der Waals surface area contributed by atoms with E-state index in [1.165, 1.54) is 17.7 Å². The summed E-state index contributed by atoms with van der Waals surface area (Å²) in [6, 6.07) is 12.7. The van der Waals surface area contributed by atoms with Crippen LogP contribution in [0, 0.1) is 13.8 Å². The van der Waals surface area contributed by atoms with Crippen LogP contribution in [-0.4, -0.2) is 13.4 Å². The smallest absolute Gasteiger partial charge is 0.238 e. The molecule has 0 aliphatic heterocycles. The molecule has 1 atom stereocenters. The van der Waals surface area contributed by atoms with Gasteiger partial charge in [0, 0.05) is 23.5 Å². The topological polar surface area (TPSA) is 85.1 Å². The number of sulfonamides is 1. The molecule has 0 amide bonds. The maximum atomic E-state index is 11.4. The molecule has 0 aliphatic carbocycles. The Hall–Kier alpha value is -1.99. The minimum absolute atomic E-state index is 0.00560. The first-order chi connectivity index (χ1) is 12.7. The molecule has 0 aliphatic rings. The molecule has 5 nitrogen and oxygen atoms in total. The summed E-state index contributed by atoms with van der Waals surface area (Å²) in [7, 11) is -3.68. The number of nitrogens with zero attached hydrogens (tertiary/aromatic N) is 1. The zero-order chi connectivity index (χ0) is 19.8. The third kappa shape index (κ3) is 4.30. The molecular weight excluding hydrogens is 382 g/mol. The van der Waals surface area contributed by atoms with Crippen LogP contribution in [0.2, 0.25) is 5.15 Å². The van der Waals surface area contributed by atoms with Gasteiger partial charge in [-0.2, -0.15) is 0 Å². The molecule has 0 saturated heterocycles. The largest absolute Gasteiger partial charge is 0.306 e. The third-order valence-corrected chi connectivity index (χ3v) is 6.10. The van der Waals surface area contributed by atoms with E-state index in [1.807, 2.05) is 13.8 Å². The van der Waals surface area contributed by atoms with Crippen molar-refractivity contribution in [3.63, 3.8) is 0 Å². The number of nitrogens with two attached hydrogens (primary N) is 1. The van der Waals surface area contributed by atoms with E-state index in [9.17, 15) is 8.42 Å². The van der Waals surface area contributed by atoms with Gasteiger partial charge in [-0.05, 0) is 55.7 Å². The van der Waals surface area contributed by atoms with Crippen molar-refractivity contribution in [1.82, 2.24) is 10.3 Å². The molecule has 0 bridgehead atoms. The average Bonchev–Trinajstić information content (AvgIpc) is 2.63. The summed E-state index contributed by atoms with van der Waals surface area (Å²) in [5.41, 5.74) is 5.13. The van der Waals surface area contributed by atoms with Gasteiger partial charge in [0.1, 0.15) is 5.15 Å². The van der Waals surface area contributed by atoms with Crippen LogP contribution in [0.15, 0.2) is 47.4 Å². The van der Waals surface area contributed by atoms with Gasteiger partial charge in [-0.3, -0.25) is 0 Å². The molecule has 0 saturated carbocycles. The molecular formula is C20H22ClN3O2S. The zero-order valence-electron chi connectivity index (χ0n) is 15.5. The fourth-order valence-corrected chi connectivity index (χ4v) is 3.68. The van der Waals surface area contributed by atoms with E-state index >= 15 is 0 Å². The van der Waals surface area contributed by atoms with Gasteiger partial charge in [-0.15, -0.1) is 0 Å². The van der Waals surface area contributed by atoms with Crippen LogP contribution < -0.4 is 10.5 Å². The number of aromatic nitrogens is 1. The van der Waals surface area contributed by atoms with E-state index in [-0.39, 0.29) is 10.9 Å². The third-order valence-electron chi connectivity index (χ3n) is 4.85. The Kier molecular flexibility index (Phi) is 5.53. The van der Waals surface area contributed by atoms with Crippen LogP contribution in [0.5, 0.6) is 0 Å². The normalized spacial score (nSPS) is 13.1. The van der Waals surface area contributed by atoms with Crippen molar-refractivity contribution in [3.8, 4) is 0 Å². The lowest BCUT2D eigenvalue weighted by Gasteiger charge is -2.16. The Balaban J connectivity index is 1.78. The summed E-state index contributed by atoms with van der Waals surface area (Å²) >= 11 is 6.40. The van der Waals surface area contributed by atoms with E-state index in [2.05, 4.69) is 35.4 Å². The van der Waals surface area contributed by atoms with E-state index < -0.39 is 10.0 Å². The summed E-state index contributed by atoms with van der Waals surface area (Å²) in [6.45, 7) is 6.66. The molecule has 27 heavy (non-hydrogen) atoms. The highest BCUT2D eigenvalue weighted by atomic mass is 35.5. The van der Waals surface area contributed by atoms with E-state index in [4.69, 9.17) is 16.7 Å².